The van der Waals surface area contributed by atoms with E-state index in [4.69, 9.17) is 16.3 Å². The van der Waals surface area contributed by atoms with Gasteiger partial charge < -0.3 is 14.4 Å². The fourth-order valence-corrected chi connectivity index (χ4v) is 8.60. The van der Waals surface area contributed by atoms with E-state index in [1.165, 1.54) is 12.1 Å². The predicted octanol–water partition coefficient (Wildman–Crippen LogP) is 8.70. The van der Waals surface area contributed by atoms with Gasteiger partial charge in [0, 0.05) is 41.0 Å². The van der Waals surface area contributed by atoms with Crippen LogP contribution in [0.2, 0.25) is 5.02 Å². The van der Waals surface area contributed by atoms with E-state index in [1.807, 2.05) is 87.5 Å². The first kappa shape index (κ1) is 35.0. The Kier molecular flexibility index (Phi) is 10.4. The number of rotatable bonds is 13. The molecule has 50 heavy (non-hydrogen) atoms. The lowest BCUT2D eigenvalue weighted by Gasteiger charge is -2.25. The molecule has 0 aliphatic rings. The summed E-state index contributed by atoms with van der Waals surface area (Å²) in [5.41, 5.74) is 7.72. The van der Waals surface area contributed by atoms with Crippen molar-refractivity contribution in [2.45, 2.75) is 44.6 Å². The van der Waals surface area contributed by atoms with Crippen molar-refractivity contribution in [3.8, 4) is 5.75 Å². The number of carboxylic acid groups (broad SMARTS) is 1. The summed E-state index contributed by atoms with van der Waals surface area (Å²) in [6.07, 6.45) is 0.896. The Bertz CT molecular complexity index is 2190. The number of halogens is 1. The maximum absolute atomic E-state index is 13.7. The average molecular weight is 707 g/mol. The molecule has 0 saturated heterocycles. The maximum atomic E-state index is 13.7. The number of hydrogen-bond acceptors (Lipinski definition) is 4. The minimum absolute atomic E-state index is 0.167. The van der Waals surface area contributed by atoms with Gasteiger partial charge >= 0.3 is 5.97 Å². The summed E-state index contributed by atoms with van der Waals surface area (Å²) in [4.78, 5) is 11.7. The standard InChI is InChI=1S/C41H39ClN2O5S/c1-27-24-28(2)40(29(3)25-27)50(47,48)43-22-20-38-35(21-23-49-34-17-14-32(15-18-34)41(45)46)36-26-33(42)16-19-37(36)44(38)39(30-10-6-4-7-11-30)31-12-8-5-9-13-31/h4-19,24-26,39,43H,20-23H2,1-3H3,(H,45,46). The molecule has 6 rings (SSSR count). The zero-order chi connectivity index (χ0) is 35.4. The SMILES string of the molecule is Cc1cc(C)c(S(=O)(=O)NCCc2c(CCOc3ccc(C(=O)O)cc3)c3cc(Cl)ccc3n2C(c2ccccc2)c2ccccc2)c(C)c1. The lowest BCUT2D eigenvalue weighted by molar-refractivity contribution is 0.0697. The third kappa shape index (κ3) is 7.48. The van der Waals surface area contributed by atoms with Crippen molar-refractivity contribution in [1.82, 2.24) is 9.29 Å². The van der Waals surface area contributed by atoms with Crippen LogP contribution in [0.15, 0.2) is 120 Å². The fourth-order valence-electron chi connectivity index (χ4n) is 6.94. The van der Waals surface area contributed by atoms with E-state index in [1.54, 1.807) is 12.1 Å². The number of nitrogens with zero attached hydrogens (tertiary/aromatic N) is 1. The average Bonchev–Trinajstić information content (AvgIpc) is 3.37. The van der Waals surface area contributed by atoms with Gasteiger partial charge in [0.25, 0.3) is 0 Å². The van der Waals surface area contributed by atoms with E-state index in [0.717, 1.165) is 38.9 Å². The van der Waals surface area contributed by atoms with Crippen LogP contribution in [0.5, 0.6) is 5.75 Å². The number of sulfonamides is 1. The van der Waals surface area contributed by atoms with Crippen LogP contribution < -0.4 is 9.46 Å². The van der Waals surface area contributed by atoms with E-state index in [-0.39, 0.29) is 18.2 Å². The molecule has 1 heterocycles. The van der Waals surface area contributed by atoms with E-state index in [0.29, 0.717) is 46.2 Å². The lowest BCUT2D eigenvalue weighted by Crippen LogP contribution is -2.28. The highest BCUT2D eigenvalue weighted by Gasteiger charge is 2.27. The van der Waals surface area contributed by atoms with Crippen molar-refractivity contribution in [2.24, 2.45) is 0 Å². The van der Waals surface area contributed by atoms with Crippen LogP contribution in [0.3, 0.4) is 0 Å². The molecule has 6 aromatic rings. The van der Waals surface area contributed by atoms with Gasteiger partial charge in [-0.3, -0.25) is 0 Å². The van der Waals surface area contributed by atoms with Gasteiger partial charge in [-0.15, -0.1) is 0 Å². The second kappa shape index (κ2) is 14.9. The predicted molar refractivity (Wildman–Crippen MR) is 199 cm³/mol. The Labute approximate surface area is 298 Å². The summed E-state index contributed by atoms with van der Waals surface area (Å²) in [7, 11) is -3.81. The van der Waals surface area contributed by atoms with Gasteiger partial charge in [0.1, 0.15) is 5.75 Å². The minimum Gasteiger partial charge on any atom is -0.493 e. The summed E-state index contributed by atoms with van der Waals surface area (Å²) in [6, 6.07) is 36.3. The number of ether oxygens (including phenoxy) is 1. The molecule has 0 atom stereocenters. The molecular formula is C41H39ClN2O5S. The molecule has 0 amide bonds. The molecule has 0 bridgehead atoms. The van der Waals surface area contributed by atoms with E-state index in [2.05, 4.69) is 33.6 Å². The first-order chi connectivity index (χ1) is 24.0. The molecule has 0 radical (unpaired) electrons. The van der Waals surface area contributed by atoms with Gasteiger partial charge in [-0.2, -0.15) is 0 Å². The molecule has 0 aliphatic carbocycles. The number of aromatic carboxylic acids is 1. The molecule has 0 spiro atoms. The zero-order valence-electron chi connectivity index (χ0n) is 28.2. The zero-order valence-corrected chi connectivity index (χ0v) is 29.8. The van der Waals surface area contributed by atoms with Crippen LogP contribution in [0, 0.1) is 20.8 Å². The van der Waals surface area contributed by atoms with Crippen molar-refractivity contribution < 1.29 is 23.1 Å². The highest BCUT2D eigenvalue weighted by molar-refractivity contribution is 7.89. The topological polar surface area (TPSA) is 97.6 Å². The van der Waals surface area contributed by atoms with Gasteiger partial charge in [0.05, 0.1) is 23.1 Å². The summed E-state index contributed by atoms with van der Waals surface area (Å²) >= 11 is 6.63. The molecule has 7 nitrogen and oxygen atoms in total. The van der Waals surface area contributed by atoms with Crippen molar-refractivity contribution in [2.75, 3.05) is 13.2 Å². The van der Waals surface area contributed by atoms with Gasteiger partial charge in [-0.05, 0) is 91.1 Å². The number of benzene rings is 5. The number of nitrogens with one attached hydrogen (secondary N) is 1. The number of fused-ring (bicyclic) bond motifs is 1. The maximum Gasteiger partial charge on any atom is 0.335 e. The van der Waals surface area contributed by atoms with Crippen LogP contribution in [0.1, 0.15) is 55.5 Å². The van der Waals surface area contributed by atoms with E-state index < -0.39 is 16.0 Å². The summed E-state index contributed by atoms with van der Waals surface area (Å²) in [6.45, 7) is 6.09. The quantitative estimate of drug-likeness (QED) is 0.125. The third-order valence-electron chi connectivity index (χ3n) is 8.92. The largest absolute Gasteiger partial charge is 0.493 e. The van der Waals surface area contributed by atoms with E-state index >= 15 is 0 Å². The number of carbonyl (C=O) groups is 1. The van der Waals surface area contributed by atoms with Crippen LogP contribution in [0.25, 0.3) is 10.9 Å². The number of hydrogen-bond donors (Lipinski definition) is 2. The van der Waals surface area contributed by atoms with Gasteiger partial charge in [0.2, 0.25) is 10.0 Å². The molecule has 5 aromatic carbocycles. The fraction of sp³-hybridized carbons (Fsp3) is 0.195. The van der Waals surface area contributed by atoms with Crippen LogP contribution in [-0.4, -0.2) is 37.2 Å². The number of aryl methyl sites for hydroxylation is 3. The Hall–Kier alpha value is -4.89. The second-order valence-corrected chi connectivity index (χ2v) is 14.6. The molecule has 0 saturated carbocycles. The summed E-state index contributed by atoms with van der Waals surface area (Å²) in [5, 5.41) is 10.8. The van der Waals surface area contributed by atoms with Crippen LogP contribution >= 0.6 is 11.6 Å². The van der Waals surface area contributed by atoms with Crippen molar-refractivity contribution >= 4 is 38.5 Å². The molecule has 0 aliphatic heterocycles. The normalized spacial score (nSPS) is 11.7. The molecule has 0 unspecified atom stereocenters. The lowest BCUT2D eigenvalue weighted by atomic mass is 9.97. The van der Waals surface area contributed by atoms with Crippen molar-refractivity contribution in [3.63, 3.8) is 0 Å². The molecule has 0 fully saturated rings. The Morgan fingerprint density at radius 2 is 1.42 bits per heavy atom. The van der Waals surface area contributed by atoms with Crippen LogP contribution in [-0.2, 0) is 22.9 Å². The van der Waals surface area contributed by atoms with Gasteiger partial charge in [-0.25, -0.2) is 17.9 Å². The second-order valence-electron chi connectivity index (χ2n) is 12.5. The number of carboxylic acids is 1. The van der Waals surface area contributed by atoms with Gasteiger partial charge in [-0.1, -0.05) is 90.0 Å². The number of aromatic nitrogens is 1. The van der Waals surface area contributed by atoms with E-state index in [9.17, 15) is 18.3 Å². The first-order valence-corrected chi connectivity index (χ1v) is 18.3. The van der Waals surface area contributed by atoms with Gasteiger partial charge in [0.15, 0.2) is 0 Å². The Morgan fingerprint density at radius 1 is 0.820 bits per heavy atom. The van der Waals surface area contributed by atoms with Crippen molar-refractivity contribution in [1.29, 1.82) is 0 Å². The summed E-state index contributed by atoms with van der Waals surface area (Å²) < 4.78 is 38.8. The van der Waals surface area contributed by atoms with Crippen molar-refractivity contribution in [3.05, 3.63) is 165 Å². The summed E-state index contributed by atoms with van der Waals surface area (Å²) in [5.74, 6) is -0.443. The molecule has 1 aromatic heterocycles. The monoisotopic (exact) mass is 706 g/mol. The molecule has 9 heteroatoms. The first-order valence-electron chi connectivity index (χ1n) is 16.5. The molecule has 256 valence electrons. The molecular weight excluding hydrogens is 668 g/mol. The smallest absolute Gasteiger partial charge is 0.335 e. The third-order valence-corrected chi connectivity index (χ3v) is 10.9. The Balaban J connectivity index is 1.44. The van der Waals surface area contributed by atoms with Crippen LogP contribution in [0.4, 0.5) is 0 Å². The highest BCUT2D eigenvalue weighted by atomic mass is 35.5. The highest BCUT2D eigenvalue weighted by Crippen LogP contribution is 2.38. The minimum atomic E-state index is -3.81. The Morgan fingerprint density at radius 3 is 2.00 bits per heavy atom. The molecule has 2 N–H and O–H groups in total.